The van der Waals surface area contributed by atoms with Crippen molar-refractivity contribution in [3.63, 3.8) is 0 Å². The molecule has 0 radical (unpaired) electrons. The third-order valence-corrected chi connectivity index (χ3v) is 4.18. The van der Waals surface area contributed by atoms with Gasteiger partial charge >= 0.3 is 0 Å². The van der Waals surface area contributed by atoms with Gasteiger partial charge in [0.25, 0.3) is 5.69 Å². The van der Waals surface area contributed by atoms with Gasteiger partial charge in [0, 0.05) is 23.9 Å². The predicted molar refractivity (Wildman–Crippen MR) is 90.6 cm³/mol. The van der Waals surface area contributed by atoms with Crippen molar-refractivity contribution < 1.29 is 4.92 Å². The number of nitro benzene ring substituents is 1. The van der Waals surface area contributed by atoms with E-state index in [1.54, 1.807) is 12.1 Å². The minimum Gasteiger partial charge on any atom is -0.310 e. The maximum atomic E-state index is 11.4. The van der Waals surface area contributed by atoms with E-state index in [0.29, 0.717) is 6.42 Å². The lowest BCUT2D eigenvalue weighted by atomic mass is 9.93. The van der Waals surface area contributed by atoms with E-state index in [2.05, 4.69) is 11.0 Å². The Hall–Kier alpha value is -3.14. The molecular formula is C19H14N2O2. The normalized spacial score (nSPS) is 12.4. The van der Waals surface area contributed by atoms with Crippen LogP contribution in [0, 0.1) is 10.1 Å². The summed E-state index contributed by atoms with van der Waals surface area (Å²) in [5, 5.41) is 11.4. The molecule has 0 unspecified atom stereocenters. The van der Waals surface area contributed by atoms with Crippen LogP contribution in [0.25, 0.3) is 0 Å². The van der Waals surface area contributed by atoms with Crippen LogP contribution in [0.3, 0.4) is 0 Å². The van der Waals surface area contributed by atoms with Crippen LogP contribution in [-0.2, 0) is 6.42 Å². The van der Waals surface area contributed by atoms with Crippen LogP contribution in [-0.4, -0.2) is 4.92 Å². The first-order valence-corrected chi connectivity index (χ1v) is 7.45. The molecule has 1 aliphatic heterocycles. The smallest absolute Gasteiger partial charge is 0.275 e. The Morgan fingerprint density at radius 1 is 0.826 bits per heavy atom. The molecular weight excluding hydrogens is 288 g/mol. The number of fused-ring (bicyclic) bond motifs is 2. The molecule has 3 aromatic rings. The zero-order valence-electron chi connectivity index (χ0n) is 12.3. The van der Waals surface area contributed by atoms with E-state index < -0.39 is 0 Å². The van der Waals surface area contributed by atoms with E-state index >= 15 is 0 Å². The SMILES string of the molecule is O=[N+]([O-])c1cccc2c1Cc1ccccc1N2c1ccccc1. The van der Waals surface area contributed by atoms with Crippen LogP contribution in [0.1, 0.15) is 11.1 Å². The highest BCUT2D eigenvalue weighted by Gasteiger charge is 2.28. The summed E-state index contributed by atoms with van der Waals surface area (Å²) < 4.78 is 0. The van der Waals surface area contributed by atoms with Crippen LogP contribution in [0.5, 0.6) is 0 Å². The van der Waals surface area contributed by atoms with Crippen molar-refractivity contribution in [2.75, 3.05) is 4.90 Å². The monoisotopic (exact) mass is 302 g/mol. The standard InChI is InChI=1S/C19H14N2O2/c22-21(23)19-12-6-11-18-16(19)13-14-7-4-5-10-17(14)20(18)15-8-2-1-3-9-15/h1-12H,13H2. The zero-order chi connectivity index (χ0) is 15.8. The van der Waals surface area contributed by atoms with E-state index in [4.69, 9.17) is 0 Å². The Bertz CT molecular complexity index is 891. The molecule has 1 heterocycles. The Labute approximate surface area is 133 Å². The number of para-hydroxylation sites is 2. The van der Waals surface area contributed by atoms with E-state index in [1.807, 2.05) is 54.6 Å². The highest BCUT2D eigenvalue weighted by Crippen LogP contribution is 2.46. The summed E-state index contributed by atoms with van der Waals surface area (Å²) in [6.07, 6.45) is 0.575. The van der Waals surface area contributed by atoms with Gasteiger partial charge in [-0.25, -0.2) is 0 Å². The average Bonchev–Trinajstić information content (AvgIpc) is 2.59. The lowest BCUT2D eigenvalue weighted by Gasteiger charge is -2.33. The highest BCUT2D eigenvalue weighted by atomic mass is 16.6. The number of nitro groups is 1. The molecule has 0 N–H and O–H groups in total. The molecule has 0 amide bonds. The molecule has 0 aromatic heterocycles. The van der Waals surface area contributed by atoms with Gasteiger partial charge in [0.1, 0.15) is 0 Å². The molecule has 4 rings (SSSR count). The van der Waals surface area contributed by atoms with Gasteiger partial charge in [0.05, 0.1) is 16.2 Å². The van der Waals surface area contributed by atoms with Gasteiger partial charge in [0.15, 0.2) is 0 Å². The van der Waals surface area contributed by atoms with Crippen molar-refractivity contribution in [1.29, 1.82) is 0 Å². The topological polar surface area (TPSA) is 46.4 Å². The van der Waals surface area contributed by atoms with Crippen molar-refractivity contribution >= 4 is 22.7 Å². The van der Waals surface area contributed by atoms with Crippen LogP contribution >= 0.6 is 0 Å². The first-order valence-electron chi connectivity index (χ1n) is 7.45. The molecule has 1 aliphatic rings. The molecule has 0 spiro atoms. The van der Waals surface area contributed by atoms with E-state index in [1.165, 1.54) is 0 Å². The lowest BCUT2D eigenvalue weighted by molar-refractivity contribution is -0.385. The second kappa shape index (κ2) is 5.25. The first-order chi connectivity index (χ1) is 11.3. The van der Waals surface area contributed by atoms with E-state index in [0.717, 1.165) is 28.2 Å². The van der Waals surface area contributed by atoms with Gasteiger partial charge in [-0.3, -0.25) is 10.1 Å². The molecule has 0 atom stereocenters. The van der Waals surface area contributed by atoms with Gasteiger partial charge in [-0.15, -0.1) is 0 Å². The van der Waals surface area contributed by atoms with E-state index in [-0.39, 0.29) is 10.6 Å². The Balaban J connectivity index is 2.00. The molecule has 0 fully saturated rings. The van der Waals surface area contributed by atoms with Gasteiger partial charge in [0.2, 0.25) is 0 Å². The summed E-state index contributed by atoms with van der Waals surface area (Å²) in [6, 6.07) is 23.3. The largest absolute Gasteiger partial charge is 0.310 e. The first kappa shape index (κ1) is 13.5. The van der Waals surface area contributed by atoms with Crippen LogP contribution in [0.15, 0.2) is 72.8 Å². The molecule has 0 saturated carbocycles. The number of anilines is 3. The average molecular weight is 302 g/mol. The van der Waals surface area contributed by atoms with Crippen LogP contribution < -0.4 is 4.90 Å². The van der Waals surface area contributed by atoms with Crippen LogP contribution in [0.4, 0.5) is 22.7 Å². The van der Waals surface area contributed by atoms with E-state index in [9.17, 15) is 10.1 Å². The zero-order valence-corrected chi connectivity index (χ0v) is 12.3. The molecule has 4 nitrogen and oxygen atoms in total. The summed E-state index contributed by atoms with van der Waals surface area (Å²) in [6.45, 7) is 0. The van der Waals surface area contributed by atoms with Gasteiger partial charge in [-0.2, -0.15) is 0 Å². The van der Waals surface area contributed by atoms with Crippen molar-refractivity contribution in [1.82, 2.24) is 0 Å². The van der Waals surface area contributed by atoms with Crippen LogP contribution in [0.2, 0.25) is 0 Å². The number of benzene rings is 3. The molecule has 3 aromatic carbocycles. The molecule has 4 heteroatoms. The summed E-state index contributed by atoms with van der Waals surface area (Å²) in [7, 11) is 0. The van der Waals surface area contributed by atoms with Gasteiger partial charge in [-0.05, 0) is 29.8 Å². The lowest BCUT2D eigenvalue weighted by Crippen LogP contribution is -2.19. The minimum absolute atomic E-state index is 0.179. The summed E-state index contributed by atoms with van der Waals surface area (Å²) in [5.41, 5.74) is 4.99. The number of nitrogens with zero attached hydrogens (tertiary/aromatic N) is 2. The van der Waals surface area contributed by atoms with Crippen molar-refractivity contribution in [3.05, 3.63) is 94.0 Å². The maximum Gasteiger partial charge on any atom is 0.275 e. The minimum atomic E-state index is -0.296. The fourth-order valence-corrected chi connectivity index (χ4v) is 3.18. The summed E-state index contributed by atoms with van der Waals surface area (Å²) >= 11 is 0. The second-order valence-electron chi connectivity index (χ2n) is 5.51. The van der Waals surface area contributed by atoms with Crippen molar-refractivity contribution in [2.45, 2.75) is 6.42 Å². The van der Waals surface area contributed by atoms with Crippen molar-refractivity contribution in [2.24, 2.45) is 0 Å². The quantitative estimate of drug-likeness (QED) is 0.388. The molecule has 112 valence electrons. The highest BCUT2D eigenvalue weighted by molar-refractivity contribution is 5.85. The number of rotatable bonds is 2. The molecule has 0 aliphatic carbocycles. The van der Waals surface area contributed by atoms with Crippen molar-refractivity contribution in [3.8, 4) is 0 Å². The molecule has 23 heavy (non-hydrogen) atoms. The predicted octanol–water partition coefficient (Wildman–Crippen LogP) is 4.97. The third-order valence-electron chi connectivity index (χ3n) is 4.18. The molecule has 0 bridgehead atoms. The Morgan fingerprint density at radius 2 is 1.52 bits per heavy atom. The number of hydrogen-bond donors (Lipinski definition) is 0. The van der Waals surface area contributed by atoms with Gasteiger partial charge in [-0.1, -0.05) is 42.5 Å². The third kappa shape index (κ3) is 2.16. The summed E-state index contributed by atoms with van der Waals surface area (Å²) in [4.78, 5) is 13.2. The maximum absolute atomic E-state index is 11.4. The molecule has 0 saturated heterocycles. The number of hydrogen-bond acceptors (Lipinski definition) is 3. The summed E-state index contributed by atoms with van der Waals surface area (Å²) in [5.74, 6) is 0. The fourth-order valence-electron chi connectivity index (χ4n) is 3.18. The Kier molecular flexibility index (Phi) is 3.08. The van der Waals surface area contributed by atoms with Gasteiger partial charge < -0.3 is 4.90 Å². The second-order valence-corrected chi connectivity index (χ2v) is 5.51. The Morgan fingerprint density at radius 3 is 2.30 bits per heavy atom. The fraction of sp³-hybridized carbons (Fsp3) is 0.0526.